The molecule has 0 N–H and O–H groups in total. The molecule has 1 saturated heterocycles. The summed E-state index contributed by atoms with van der Waals surface area (Å²) in [6.07, 6.45) is 1.70. The molecule has 1 fully saturated rings. The van der Waals surface area contributed by atoms with Gasteiger partial charge in [0.2, 0.25) is 0 Å². The Labute approximate surface area is 165 Å². The quantitative estimate of drug-likeness (QED) is 0.622. The molecule has 5 nitrogen and oxygen atoms in total. The number of rotatable bonds is 7. The predicted molar refractivity (Wildman–Crippen MR) is 103 cm³/mol. The largest absolute Gasteiger partial charge is 0.353 e. The molecule has 27 heavy (non-hydrogen) atoms. The Morgan fingerprint density at radius 1 is 1.15 bits per heavy atom. The van der Waals surface area contributed by atoms with Crippen molar-refractivity contribution in [3.63, 3.8) is 0 Å². The van der Waals surface area contributed by atoms with Crippen LogP contribution in [0.5, 0.6) is 0 Å². The van der Waals surface area contributed by atoms with Crippen LogP contribution in [0.4, 0.5) is 0 Å². The van der Waals surface area contributed by atoms with E-state index in [0.29, 0.717) is 17.2 Å². The van der Waals surface area contributed by atoms with Gasteiger partial charge >= 0.3 is 0 Å². The van der Waals surface area contributed by atoms with E-state index in [2.05, 4.69) is 0 Å². The highest BCUT2D eigenvalue weighted by atomic mass is 35.5. The van der Waals surface area contributed by atoms with E-state index in [1.807, 2.05) is 19.1 Å². The summed E-state index contributed by atoms with van der Waals surface area (Å²) in [5.74, 6) is 0. The zero-order valence-electron chi connectivity index (χ0n) is 15.1. The van der Waals surface area contributed by atoms with Gasteiger partial charge in [-0.15, -0.1) is 0 Å². The van der Waals surface area contributed by atoms with Gasteiger partial charge in [0, 0.05) is 17.2 Å². The molecule has 0 radical (unpaired) electrons. The summed E-state index contributed by atoms with van der Waals surface area (Å²) in [7, 11) is -3.90. The van der Waals surface area contributed by atoms with E-state index >= 15 is 0 Å². The topological polar surface area (TPSA) is 61.8 Å². The molecule has 0 spiro atoms. The van der Waals surface area contributed by atoms with Crippen molar-refractivity contribution < 1.29 is 22.1 Å². The van der Waals surface area contributed by atoms with Gasteiger partial charge in [-0.1, -0.05) is 47.5 Å². The zero-order valence-corrected chi connectivity index (χ0v) is 16.7. The van der Waals surface area contributed by atoms with Crippen molar-refractivity contribution in [3.05, 3.63) is 64.7 Å². The van der Waals surface area contributed by atoms with Crippen molar-refractivity contribution in [3.8, 4) is 0 Å². The third-order valence-corrected chi connectivity index (χ3v) is 6.03. The van der Waals surface area contributed by atoms with Crippen LogP contribution in [0.1, 0.15) is 36.5 Å². The van der Waals surface area contributed by atoms with Gasteiger partial charge in [-0.05, 0) is 44.4 Å². The lowest BCUT2D eigenvalue weighted by molar-refractivity contribution is -0.195. The Balaban J connectivity index is 1.76. The molecule has 1 heterocycles. The van der Waals surface area contributed by atoms with Gasteiger partial charge in [0.1, 0.15) is 6.10 Å². The second-order valence-corrected chi connectivity index (χ2v) is 8.52. The summed E-state index contributed by atoms with van der Waals surface area (Å²) in [6, 6.07) is 13.7. The Morgan fingerprint density at radius 2 is 1.89 bits per heavy atom. The van der Waals surface area contributed by atoms with E-state index in [1.165, 1.54) is 12.1 Å². The molecule has 1 aliphatic heterocycles. The van der Waals surface area contributed by atoms with Crippen molar-refractivity contribution in [2.24, 2.45) is 0 Å². The van der Waals surface area contributed by atoms with Crippen molar-refractivity contribution >= 4 is 21.7 Å². The monoisotopic (exact) mass is 410 g/mol. The van der Waals surface area contributed by atoms with Gasteiger partial charge in [-0.3, -0.25) is 4.18 Å². The van der Waals surface area contributed by atoms with Crippen LogP contribution < -0.4 is 0 Å². The van der Waals surface area contributed by atoms with Crippen molar-refractivity contribution in [2.45, 2.75) is 43.5 Å². The lowest BCUT2D eigenvalue weighted by Gasteiger charge is -2.28. The van der Waals surface area contributed by atoms with Crippen molar-refractivity contribution in [1.29, 1.82) is 0 Å². The molecule has 2 aromatic rings. The summed E-state index contributed by atoms with van der Waals surface area (Å²) in [6.45, 7) is 2.34. The molecule has 146 valence electrons. The maximum absolute atomic E-state index is 12.5. The molecule has 0 aromatic heterocycles. The number of halogens is 1. The molecule has 0 aliphatic carbocycles. The average molecular weight is 411 g/mol. The standard InChI is InChI=1S/C20H23ClO5S/c1-15-9-11-16(12-10-15)27(22,23)25-14-19(17-6-2-3-7-18(17)21)26-20-8-4-5-13-24-20/h2-3,6-7,9-12,19-20H,4-5,8,13-14H2,1H3/t19-,20+/m0/s1. The van der Waals surface area contributed by atoms with Gasteiger partial charge in [0.05, 0.1) is 11.5 Å². The molecular weight excluding hydrogens is 388 g/mol. The van der Waals surface area contributed by atoms with E-state index in [-0.39, 0.29) is 11.5 Å². The first kappa shape index (κ1) is 20.3. The number of aryl methyl sites for hydroxylation is 1. The molecule has 2 aromatic carbocycles. The summed E-state index contributed by atoms with van der Waals surface area (Å²) in [5, 5.41) is 0.495. The predicted octanol–water partition coefficient (Wildman–Crippen LogP) is 4.64. The van der Waals surface area contributed by atoms with E-state index in [1.54, 1.807) is 24.3 Å². The van der Waals surface area contributed by atoms with E-state index in [0.717, 1.165) is 24.8 Å². The van der Waals surface area contributed by atoms with Gasteiger partial charge < -0.3 is 9.47 Å². The average Bonchev–Trinajstić information content (AvgIpc) is 2.67. The maximum Gasteiger partial charge on any atom is 0.297 e. The van der Waals surface area contributed by atoms with E-state index in [4.69, 9.17) is 25.3 Å². The minimum Gasteiger partial charge on any atom is -0.353 e. The summed E-state index contributed by atoms with van der Waals surface area (Å²) >= 11 is 6.30. The van der Waals surface area contributed by atoms with Crippen LogP contribution in [0.25, 0.3) is 0 Å². The van der Waals surface area contributed by atoms with Crippen molar-refractivity contribution in [1.82, 2.24) is 0 Å². The SMILES string of the molecule is Cc1ccc(S(=O)(=O)OC[C@H](O[C@@H]2CCCCO2)c2ccccc2Cl)cc1. The molecule has 0 bridgehead atoms. The summed E-state index contributed by atoms with van der Waals surface area (Å²) < 4.78 is 42.0. The molecule has 2 atom stereocenters. The lowest BCUT2D eigenvalue weighted by atomic mass is 10.1. The molecule has 0 unspecified atom stereocenters. The lowest BCUT2D eigenvalue weighted by Crippen LogP contribution is -2.27. The van der Waals surface area contributed by atoms with Gasteiger partial charge in [0.25, 0.3) is 10.1 Å². The first-order chi connectivity index (χ1) is 13.0. The third-order valence-electron chi connectivity index (χ3n) is 4.39. The maximum atomic E-state index is 12.5. The highest BCUT2D eigenvalue weighted by molar-refractivity contribution is 7.86. The molecule has 7 heteroatoms. The smallest absolute Gasteiger partial charge is 0.297 e. The van der Waals surface area contributed by atoms with Gasteiger partial charge in [-0.25, -0.2) is 0 Å². The molecule has 1 aliphatic rings. The van der Waals surface area contributed by atoms with E-state index < -0.39 is 22.5 Å². The van der Waals surface area contributed by atoms with E-state index in [9.17, 15) is 8.42 Å². The normalized spacial score (nSPS) is 19.0. The fourth-order valence-electron chi connectivity index (χ4n) is 2.86. The minimum absolute atomic E-state index is 0.111. The van der Waals surface area contributed by atoms with Crippen LogP contribution in [-0.2, 0) is 23.8 Å². The van der Waals surface area contributed by atoms with Crippen LogP contribution in [0.15, 0.2) is 53.4 Å². The Hall–Kier alpha value is -1.44. The Kier molecular flexibility index (Phi) is 6.89. The van der Waals surface area contributed by atoms with Gasteiger partial charge in [-0.2, -0.15) is 8.42 Å². The Bertz CT molecular complexity index is 845. The highest BCUT2D eigenvalue weighted by Gasteiger charge is 2.26. The van der Waals surface area contributed by atoms with Crippen LogP contribution in [0, 0.1) is 6.92 Å². The van der Waals surface area contributed by atoms with Crippen molar-refractivity contribution in [2.75, 3.05) is 13.2 Å². The molecule has 3 rings (SSSR count). The Morgan fingerprint density at radius 3 is 2.56 bits per heavy atom. The van der Waals surface area contributed by atoms with Crippen LogP contribution in [0.3, 0.4) is 0 Å². The fourth-order valence-corrected chi connectivity index (χ4v) is 4.03. The number of hydrogen-bond donors (Lipinski definition) is 0. The summed E-state index contributed by atoms with van der Waals surface area (Å²) in [4.78, 5) is 0.111. The number of benzene rings is 2. The fraction of sp³-hybridized carbons (Fsp3) is 0.400. The van der Waals surface area contributed by atoms with Crippen LogP contribution in [-0.4, -0.2) is 27.9 Å². The highest BCUT2D eigenvalue weighted by Crippen LogP contribution is 2.30. The third kappa shape index (κ3) is 5.53. The van der Waals surface area contributed by atoms with Crippen LogP contribution in [0.2, 0.25) is 5.02 Å². The van der Waals surface area contributed by atoms with Gasteiger partial charge in [0.15, 0.2) is 6.29 Å². The van der Waals surface area contributed by atoms with Crippen LogP contribution >= 0.6 is 11.6 Å². The second-order valence-electron chi connectivity index (χ2n) is 6.49. The summed E-state index contributed by atoms with van der Waals surface area (Å²) in [5.41, 5.74) is 1.65. The molecule has 0 amide bonds. The first-order valence-corrected chi connectivity index (χ1v) is 10.7. The second kappa shape index (κ2) is 9.17. The first-order valence-electron chi connectivity index (χ1n) is 8.93. The minimum atomic E-state index is -3.90. The zero-order chi connectivity index (χ0) is 19.3. The number of ether oxygens (including phenoxy) is 2. The number of hydrogen-bond acceptors (Lipinski definition) is 5. The molecular formula is C20H23ClO5S. The molecule has 0 saturated carbocycles.